The van der Waals surface area contributed by atoms with E-state index in [0.29, 0.717) is 22.9 Å². The molecule has 8 heteroatoms. The highest BCUT2D eigenvalue weighted by molar-refractivity contribution is 7.98. The zero-order valence-corrected chi connectivity index (χ0v) is 19.0. The molecule has 2 aromatic carbocycles. The van der Waals surface area contributed by atoms with Gasteiger partial charge in [0.2, 0.25) is 5.91 Å². The molecule has 2 N–H and O–H groups in total. The van der Waals surface area contributed by atoms with Crippen molar-refractivity contribution in [2.24, 2.45) is 0 Å². The summed E-state index contributed by atoms with van der Waals surface area (Å²) in [4.78, 5) is 40.4. The molecule has 0 fully saturated rings. The van der Waals surface area contributed by atoms with Crippen LogP contribution < -0.4 is 10.6 Å². The predicted molar refractivity (Wildman–Crippen MR) is 123 cm³/mol. The predicted octanol–water partition coefficient (Wildman–Crippen LogP) is 4.05. The summed E-state index contributed by atoms with van der Waals surface area (Å²) >= 11 is 1.61. The third kappa shape index (κ3) is 4.36. The van der Waals surface area contributed by atoms with Gasteiger partial charge in [-0.15, -0.1) is 11.8 Å². The molecule has 4 rings (SSSR count). The molecule has 7 nitrogen and oxygen atoms in total. The van der Waals surface area contributed by atoms with Crippen LogP contribution >= 0.6 is 11.8 Å². The molecule has 0 spiro atoms. The second-order valence-corrected chi connectivity index (χ2v) is 8.88. The van der Waals surface area contributed by atoms with Gasteiger partial charge in [0.1, 0.15) is 13.2 Å². The largest absolute Gasteiger partial charge is 0.456 e. The van der Waals surface area contributed by atoms with Crippen molar-refractivity contribution in [2.75, 3.05) is 24.7 Å². The Morgan fingerprint density at radius 2 is 1.84 bits per heavy atom. The molecule has 0 bridgehead atoms. The van der Waals surface area contributed by atoms with E-state index in [4.69, 9.17) is 4.74 Å². The maximum absolute atomic E-state index is 12.9. The molecule has 2 heterocycles. The minimum Gasteiger partial charge on any atom is -0.456 e. The fourth-order valence-electron chi connectivity index (χ4n) is 3.82. The van der Waals surface area contributed by atoms with E-state index in [2.05, 4.69) is 24.5 Å². The number of nitrogens with one attached hydrogen (secondary N) is 2. The summed E-state index contributed by atoms with van der Waals surface area (Å²) < 4.78 is 5.23. The topological polar surface area (TPSA) is 87.7 Å². The first kappa shape index (κ1) is 22.0. The van der Waals surface area contributed by atoms with Crippen LogP contribution in [0.5, 0.6) is 0 Å². The van der Waals surface area contributed by atoms with Crippen LogP contribution in [-0.4, -0.2) is 42.2 Å². The lowest BCUT2D eigenvalue weighted by molar-refractivity contribution is -0.136. The first-order valence-corrected chi connectivity index (χ1v) is 11.6. The monoisotopic (exact) mass is 451 g/mol. The van der Waals surface area contributed by atoms with Gasteiger partial charge in [0.05, 0.1) is 17.3 Å². The third-order valence-electron chi connectivity index (χ3n) is 5.61. The second-order valence-electron chi connectivity index (χ2n) is 8.00. The van der Waals surface area contributed by atoms with Crippen LogP contribution in [0, 0.1) is 0 Å². The van der Waals surface area contributed by atoms with Gasteiger partial charge in [0.25, 0.3) is 0 Å². The zero-order chi connectivity index (χ0) is 22.8. The fraction of sp³-hybridized carbons (Fsp3) is 0.292. The van der Waals surface area contributed by atoms with Crippen molar-refractivity contribution in [1.82, 2.24) is 10.2 Å². The number of cyclic esters (lactones) is 1. The van der Waals surface area contributed by atoms with Crippen molar-refractivity contribution in [2.45, 2.75) is 30.7 Å². The van der Waals surface area contributed by atoms with Gasteiger partial charge in [0, 0.05) is 10.6 Å². The summed E-state index contributed by atoms with van der Waals surface area (Å²) in [6.45, 7) is 3.95. The van der Waals surface area contributed by atoms with Crippen molar-refractivity contribution in [3.05, 3.63) is 70.9 Å². The van der Waals surface area contributed by atoms with Crippen LogP contribution in [0.15, 0.2) is 64.7 Å². The number of ether oxygens (including phenoxy) is 1. The van der Waals surface area contributed by atoms with E-state index >= 15 is 0 Å². The van der Waals surface area contributed by atoms with E-state index in [1.807, 2.05) is 54.8 Å². The molecular weight excluding hydrogens is 426 g/mol. The summed E-state index contributed by atoms with van der Waals surface area (Å²) in [5, 5.41) is 5.66. The number of urea groups is 1. The molecular formula is C24H25N3O4S. The number of amides is 3. The molecule has 0 aromatic heterocycles. The first-order chi connectivity index (χ1) is 15.4. The van der Waals surface area contributed by atoms with Gasteiger partial charge in [-0.3, -0.25) is 9.69 Å². The lowest BCUT2D eigenvalue weighted by Gasteiger charge is -2.32. The summed E-state index contributed by atoms with van der Waals surface area (Å²) in [5.41, 5.74) is 3.42. The number of carbonyl (C=O) groups is 3. The molecule has 2 aliphatic rings. The van der Waals surface area contributed by atoms with Crippen LogP contribution in [0.4, 0.5) is 10.5 Å². The minimum absolute atomic E-state index is 0.0304. The number of rotatable bonds is 6. The Bertz CT molecular complexity index is 1080. The van der Waals surface area contributed by atoms with Gasteiger partial charge in [-0.05, 0) is 47.6 Å². The first-order valence-electron chi connectivity index (χ1n) is 10.4. The highest BCUT2D eigenvalue weighted by Crippen LogP contribution is 2.35. The van der Waals surface area contributed by atoms with Crippen molar-refractivity contribution in [3.63, 3.8) is 0 Å². The third-order valence-corrected chi connectivity index (χ3v) is 6.35. The number of carbonyl (C=O) groups excluding carboxylic acids is 3. The molecule has 0 unspecified atom stereocenters. The van der Waals surface area contributed by atoms with Crippen molar-refractivity contribution >= 4 is 35.4 Å². The summed E-state index contributed by atoms with van der Waals surface area (Å²) in [5.74, 6) is -0.438. The van der Waals surface area contributed by atoms with Gasteiger partial charge in [-0.1, -0.05) is 38.1 Å². The number of hydrogen-bond acceptors (Lipinski definition) is 5. The van der Waals surface area contributed by atoms with Crippen LogP contribution in [0.3, 0.4) is 0 Å². The number of thioether (sulfide) groups is 1. The molecule has 1 atom stereocenters. The van der Waals surface area contributed by atoms with Gasteiger partial charge in [-0.25, -0.2) is 9.59 Å². The number of hydrogen-bond donors (Lipinski definition) is 2. The van der Waals surface area contributed by atoms with Gasteiger partial charge >= 0.3 is 12.0 Å². The highest BCUT2D eigenvalue weighted by atomic mass is 32.2. The molecule has 0 saturated carbocycles. The lowest BCUT2D eigenvalue weighted by Crippen LogP contribution is -2.49. The molecule has 0 aliphatic carbocycles. The van der Waals surface area contributed by atoms with Crippen molar-refractivity contribution in [3.8, 4) is 0 Å². The Labute approximate surface area is 191 Å². The quantitative estimate of drug-likeness (QED) is 0.511. The molecule has 0 radical (unpaired) electrons. The number of esters is 1. The maximum atomic E-state index is 12.9. The van der Waals surface area contributed by atoms with Crippen LogP contribution in [-0.2, 0) is 14.3 Å². The van der Waals surface area contributed by atoms with E-state index in [9.17, 15) is 14.4 Å². The van der Waals surface area contributed by atoms with Crippen LogP contribution in [0.2, 0.25) is 0 Å². The number of anilines is 1. The molecule has 2 aromatic rings. The average Bonchev–Trinajstić information content (AvgIpc) is 3.17. The molecule has 3 amide bonds. The summed E-state index contributed by atoms with van der Waals surface area (Å²) in [7, 11) is 0. The van der Waals surface area contributed by atoms with E-state index < -0.39 is 18.0 Å². The standard InChI is InChI=1S/C24H25N3O4S/c1-14(2)15-4-8-17(9-5-15)25-20(28)12-27-19-13-31-23(29)21(19)22(26-24(27)30)16-6-10-18(32-3)11-7-16/h4-11,14,22H,12-13H2,1-3H3,(H,25,28)(H,26,30)/t22-/m1/s1. The molecule has 0 saturated heterocycles. The summed E-state index contributed by atoms with van der Waals surface area (Å²) in [6.07, 6.45) is 1.98. The Morgan fingerprint density at radius 1 is 1.16 bits per heavy atom. The summed E-state index contributed by atoms with van der Waals surface area (Å²) in [6, 6.07) is 14.2. The zero-order valence-electron chi connectivity index (χ0n) is 18.2. The van der Waals surface area contributed by atoms with E-state index in [-0.39, 0.29) is 19.1 Å². The molecule has 2 aliphatic heterocycles. The molecule has 32 heavy (non-hydrogen) atoms. The van der Waals surface area contributed by atoms with Crippen molar-refractivity contribution in [1.29, 1.82) is 0 Å². The normalized spacial score (nSPS) is 17.9. The number of nitrogens with zero attached hydrogens (tertiary/aromatic N) is 1. The minimum atomic E-state index is -0.605. The van der Waals surface area contributed by atoms with Gasteiger partial charge in [0.15, 0.2) is 0 Å². The van der Waals surface area contributed by atoms with Crippen LogP contribution in [0.25, 0.3) is 0 Å². The Balaban J connectivity index is 1.53. The number of benzene rings is 2. The van der Waals surface area contributed by atoms with Gasteiger partial charge in [-0.2, -0.15) is 0 Å². The van der Waals surface area contributed by atoms with E-state index in [1.165, 1.54) is 10.5 Å². The molecule has 166 valence electrons. The van der Waals surface area contributed by atoms with Crippen LogP contribution in [0.1, 0.15) is 36.9 Å². The lowest BCUT2D eigenvalue weighted by atomic mass is 9.96. The smallest absolute Gasteiger partial charge is 0.338 e. The highest BCUT2D eigenvalue weighted by Gasteiger charge is 2.42. The van der Waals surface area contributed by atoms with E-state index in [0.717, 1.165) is 10.5 Å². The fourth-order valence-corrected chi connectivity index (χ4v) is 4.23. The average molecular weight is 452 g/mol. The van der Waals surface area contributed by atoms with E-state index in [1.54, 1.807) is 11.8 Å². The van der Waals surface area contributed by atoms with Gasteiger partial charge < -0.3 is 15.4 Å². The van der Waals surface area contributed by atoms with Crippen molar-refractivity contribution < 1.29 is 19.1 Å². The SMILES string of the molecule is CSc1ccc([C@H]2NC(=O)N(CC(=O)Nc3ccc(C(C)C)cc3)C3=C2C(=O)OC3)cc1. The Morgan fingerprint density at radius 3 is 2.47 bits per heavy atom. The Hall–Kier alpha value is -3.26. The second kappa shape index (κ2) is 9.08. The Kier molecular flexibility index (Phi) is 6.23. The maximum Gasteiger partial charge on any atom is 0.338 e.